The number of nitrogens with one attached hydrogen (secondary N) is 1. The minimum absolute atomic E-state index is 0.372. The van der Waals surface area contributed by atoms with Crippen LogP contribution >= 0.6 is 0 Å². The fourth-order valence-corrected chi connectivity index (χ4v) is 0.540. The SMILES string of the molecule is CC(=O)N/C=C(/CC(=O)O)C(=O)O. The van der Waals surface area contributed by atoms with Gasteiger partial charge in [0.25, 0.3) is 0 Å². The van der Waals surface area contributed by atoms with Gasteiger partial charge >= 0.3 is 11.9 Å². The second-order valence-corrected chi connectivity index (χ2v) is 2.25. The van der Waals surface area contributed by atoms with Gasteiger partial charge in [0.2, 0.25) is 5.91 Å². The highest BCUT2D eigenvalue weighted by molar-refractivity contribution is 5.92. The lowest BCUT2D eigenvalue weighted by atomic mass is 10.2. The maximum Gasteiger partial charge on any atom is 0.333 e. The lowest BCUT2D eigenvalue weighted by molar-refractivity contribution is -0.139. The second-order valence-electron chi connectivity index (χ2n) is 2.25. The maximum atomic E-state index is 10.4. The summed E-state index contributed by atoms with van der Waals surface area (Å²) in [5, 5.41) is 18.8. The van der Waals surface area contributed by atoms with Crippen molar-refractivity contribution >= 4 is 17.8 Å². The van der Waals surface area contributed by atoms with Crippen molar-refractivity contribution in [2.45, 2.75) is 13.3 Å². The summed E-state index contributed by atoms with van der Waals surface area (Å²) in [4.78, 5) is 30.9. The molecule has 0 aromatic carbocycles. The number of carboxylic acids is 2. The van der Waals surface area contributed by atoms with Crippen LogP contribution in [0, 0.1) is 0 Å². The summed E-state index contributed by atoms with van der Waals surface area (Å²) in [6.45, 7) is 1.19. The van der Waals surface area contributed by atoms with E-state index in [0.29, 0.717) is 0 Å². The first kappa shape index (κ1) is 11.2. The molecule has 0 saturated carbocycles. The summed E-state index contributed by atoms with van der Waals surface area (Å²) < 4.78 is 0. The van der Waals surface area contributed by atoms with Gasteiger partial charge in [-0.2, -0.15) is 0 Å². The van der Waals surface area contributed by atoms with E-state index in [2.05, 4.69) is 5.32 Å². The normalized spacial score (nSPS) is 10.7. The fourth-order valence-electron chi connectivity index (χ4n) is 0.540. The zero-order chi connectivity index (χ0) is 10.4. The Hall–Kier alpha value is -1.85. The number of carbonyl (C=O) groups is 3. The zero-order valence-corrected chi connectivity index (χ0v) is 6.90. The van der Waals surface area contributed by atoms with Crippen molar-refractivity contribution in [3.05, 3.63) is 11.8 Å². The van der Waals surface area contributed by atoms with E-state index in [1.165, 1.54) is 6.92 Å². The molecular formula is C7H9NO5. The van der Waals surface area contributed by atoms with Crippen LogP contribution in [-0.4, -0.2) is 28.1 Å². The molecule has 0 bridgehead atoms. The molecule has 0 saturated heterocycles. The molecule has 0 aromatic rings. The molecule has 0 aliphatic carbocycles. The standard InChI is InChI=1S/C7H9NO5/c1-4(9)8-3-5(7(12)13)2-6(10)11/h3H,2H2,1H3,(H,8,9)(H,10,11)(H,12,13)/b5-3-. The molecule has 0 aliphatic rings. The van der Waals surface area contributed by atoms with Crippen molar-refractivity contribution in [2.24, 2.45) is 0 Å². The Kier molecular flexibility index (Phi) is 4.21. The monoisotopic (exact) mass is 187 g/mol. The Morgan fingerprint density at radius 3 is 2.15 bits per heavy atom. The molecule has 0 unspecified atom stereocenters. The Morgan fingerprint density at radius 2 is 1.85 bits per heavy atom. The van der Waals surface area contributed by atoms with E-state index in [1.807, 2.05) is 0 Å². The number of aliphatic carboxylic acids is 2. The Balaban J connectivity index is 4.41. The van der Waals surface area contributed by atoms with Crippen LogP contribution in [0.15, 0.2) is 11.8 Å². The first-order valence-corrected chi connectivity index (χ1v) is 3.34. The van der Waals surface area contributed by atoms with Crippen LogP contribution in [0.5, 0.6) is 0 Å². The third-order valence-electron chi connectivity index (χ3n) is 1.07. The Morgan fingerprint density at radius 1 is 1.31 bits per heavy atom. The number of amides is 1. The average molecular weight is 187 g/mol. The van der Waals surface area contributed by atoms with Gasteiger partial charge in [-0.1, -0.05) is 0 Å². The van der Waals surface area contributed by atoms with Gasteiger partial charge in [-0.25, -0.2) is 4.79 Å². The third-order valence-corrected chi connectivity index (χ3v) is 1.07. The summed E-state index contributed by atoms with van der Waals surface area (Å²) in [6.07, 6.45) is 0.244. The molecule has 1 amide bonds. The number of carboxylic acid groups (broad SMARTS) is 2. The quantitative estimate of drug-likeness (QED) is 0.518. The van der Waals surface area contributed by atoms with Crippen LogP contribution in [0.4, 0.5) is 0 Å². The van der Waals surface area contributed by atoms with Gasteiger partial charge in [0, 0.05) is 13.1 Å². The van der Waals surface area contributed by atoms with E-state index in [-0.39, 0.29) is 5.57 Å². The van der Waals surface area contributed by atoms with Crippen LogP contribution in [0.25, 0.3) is 0 Å². The minimum Gasteiger partial charge on any atom is -0.481 e. The van der Waals surface area contributed by atoms with Crippen molar-refractivity contribution in [1.29, 1.82) is 0 Å². The molecule has 0 heterocycles. The van der Waals surface area contributed by atoms with Gasteiger partial charge in [0.15, 0.2) is 0 Å². The second kappa shape index (κ2) is 4.91. The fraction of sp³-hybridized carbons (Fsp3) is 0.286. The molecule has 13 heavy (non-hydrogen) atoms. The van der Waals surface area contributed by atoms with Gasteiger partial charge in [0.1, 0.15) is 0 Å². The lowest BCUT2D eigenvalue weighted by Crippen LogP contribution is -2.16. The summed E-state index contributed by atoms with van der Waals surface area (Å²) in [5.74, 6) is -3.08. The number of hydrogen-bond donors (Lipinski definition) is 3. The molecule has 0 atom stereocenters. The van der Waals surface area contributed by atoms with Crippen LogP contribution in [0.2, 0.25) is 0 Å². The predicted octanol–water partition coefficient (Wildman–Crippen LogP) is -0.434. The highest BCUT2D eigenvalue weighted by Gasteiger charge is 2.11. The van der Waals surface area contributed by atoms with Crippen LogP contribution in [0.1, 0.15) is 13.3 Å². The Labute approximate surface area is 73.9 Å². The zero-order valence-electron chi connectivity index (χ0n) is 6.90. The average Bonchev–Trinajstić information content (AvgIpc) is 1.96. The molecule has 6 nitrogen and oxygen atoms in total. The molecule has 0 radical (unpaired) electrons. The van der Waals surface area contributed by atoms with Crippen molar-refractivity contribution in [1.82, 2.24) is 5.32 Å². The van der Waals surface area contributed by atoms with E-state index in [0.717, 1.165) is 6.20 Å². The van der Waals surface area contributed by atoms with Crippen molar-refractivity contribution in [2.75, 3.05) is 0 Å². The molecular weight excluding hydrogens is 178 g/mol. The smallest absolute Gasteiger partial charge is 0.333 e. The summed E-state index contributed by atoms with van der Waals surface area (Å²) in [5.41, 5.74) is -0.372. The van der Waals surface area contributed by atoms with E-state index >= 15 is 0 Å². The minimum atomic E-state index is -1.36. The van der Waals surface area contributed by atoms with Gasteiger partial charge in [0.05, 0.1) is 12.0 Å². The predicted molar refractivity (Wildman–Crippen MR) is 41.8 cm³/mol. The molecule has 6 heteroatoms. The first-order valence-electron chi connectivity index (χ1n) is 3.34. The van der Waals surface area contributed by atoms with E-state index in [9.17, 15) is 14.4 Å². The molecule has 0 rings (SSSR count). The summed E-state index contributed by atoms with van der Waals surface area (Å²) >= 11 is 0. The van der Waals surface area contributed by atoms with Gasteiger partial charge < -0.3 is 15.5 Å². The van der Waals surface area contributed by atoms with Crippen LogP contribution in [-0.2, 0) is 14.4 Å². The molecule has 0 aromatic heterocycles. The lowest BCUT2D eigenvalue weighted by Gasteiger charge is -1.98. The number of hydrogen-bond acceptors (Lipinski definition) is 3. The van der Waals surface area contributed by atoms with Gasteiger partial charge in [-0.15, -0.1) is 0 Å². The van der Waals surface area contributed by atoms with Gasteiger partial charge in [-0.05, 0) is 0 Å². The van der Waals surface area contributed by atoms with Gasteiger partial charge in [-0.3, -0.25) is 9.59 Å². The number of carbonyl (C=O) groups excluding carboxylic acids is 1. The first-order chi connectivity index (χ1) is 5.93. The number of rotatable bonds is 4. The van der Waals surface area contributed by atoms with E-state index < -0.39 is 24.3 Å². The summed E-state index contributed by atoms with van der Waals surface area (Å²) in [6, 6.07) is 0. The molecule has 0 fully saturated rings. The summed E-state index contributed by atoms with van der Waals surface area (Å²) in [7, 11) is 0. The largest absolute Gasteiger partial charge is 0.481 e. The molecule has 0 aliphatic heterocycles. The maximum absolute atomic E-state index is 10.4. The molecule has 72 valence electrons. The Bertz CT molecular complexity index is 268. The van der Waals surface area contributed by atoms with Crippen molar-refractivity contribution in [3.63, 3.8) is 0 Å². The van der Waals surface area contributed by atoms with E-state index in [4.69, 9.17) is 10.2 Å². The third kappa shape index (κ3) is 5.42. The van der Waals surface area contributed by atoms with Crippen LogP contribution < -0.4 is 5.32 Å². The van der Waals surface area contributed by atoms with Crippen LogP contribution in [0.3, 0.4) is 0 Å². The topological polar surface area (TPSA) is 104 Å². The molecule has 3 N–H and O–H groups in total. The molecule has 0 spiro atoms. The van der Waals surface area contributed by atoms with Crippen molar-refractivity contribution in [3.8, 4) is 0 Å². The van der Waals surface area contributed by atoms with Crippen molar-refractivity contribution < 1.29 is 24.6 Å². The highest BCUT2D eigenvalue weighted by Crippen LogP contribution is 1.99. The highest BCUT2D eigenvalue weighted by atomic mass is 16.4. The van der Waals surface area contributed by atoms with E-state index in [1.54, 1.807) is 0 Å².